The fourth-order valence-corrected chi connectivity index (χ4v) is 2.07. The van der Waals surface area contributed by atoms with E-state index in [4.69, 9.17) is 16.9 Å². The lowest BCUT2D eigenvalue weighted by Gasteiger charge is -2.10. The Kier molecular flexibility index (Phi) is 4.03. The zero-order valence-corrected chi connectivity index (χ0v) is 11.1. The maximum Gasteiger partial charge on any atom is 0.143 e. The molecule has 96 valence electrons. The van der Waals surface area contributed by atoms with Crippen LogP contribution in [0.2, 0.25) is 5.02 Å². The highest BCUT2D eigenvalue weighted by Crippen LogP contribution is 2.22. The van der Waals surface area contributed by atoms with E-state index in [-0.39, 0.29) is 5.56 Å². The number of benzene rings is 2. The molecule has 0 radical (unpaired) electrons. The molecule has 0 aliphatic carbocycles. The van der Waals surface area contributed by atoms with E-state index in [9.17, 15) is 4.39 Å². The molecular weight excluding hydrogens is 263 g/mol. The minimum Gasteiger partial charge on any atom is -0.380 e. The van der Waals surface area contributed by atoms with Crippen molar-refractivity contribution in [2.75, 3.05) is 5.32 Å². The average Bonchev–Trinajstić information content (AvgIpc) is 2.38. The molecule has 0 spiro atoms. The zero-order valence-electron chi connectivity index (χ0n) is 10.4. The second-order valence-corrected chi connectivity index (χ2v) is 4.63. The highest BCUT2D eigenvalue weighted by molar-refractivity contribution is 6.31. The summed E-state index contributed by atoms with van der Waals surface area (Å²) < 4.78 is 13.4. The summed E-state index contributed by atoms with van der Waals surface area (Å²) in [6.45, 7) is 2.40. The number of aryl methyl sites for hydroxylation is 1. The quantitative estimate of drug-likeness (QED) is 0.907. The standard InChI is InChI=1S/C15H12ClFN2/c1-10-5-6-11(13(16)7-10)9-19-15-4-2-3-14(17)12(15)8-18/h2-7,19H,9H2,1H3. The lowest BCUT2D eigenvalue weighted by molar-refractivity contribution is 0.624. The number of hydrogen-bond acceptors (Lipinski definition) is 2. The molecule has 2 nitrogen and oxygen atoms in total. The van der Waals surface area contributed by atoms with E-state index in [2.05, 4.69) is 5.32 Å². The van der Waals surface area contributed by atoms with Crippen molar-refractivity contribution < 1.29 is 4.39 Å². The smallest absolute Gasteiger partial charge is 0.143 e. The van der Waals surface area contributed by atoms with E-state index in [0.29, 0.717) is 17.3 Å². The Morgan fingerprint density at radius 3 is 2.79 bits per heavy atom. The first kappa shape index (κ1) is 13.4. The molecular formula is C15H12ClFN2. The zero-order chi connectivity index (χ0) is 13.8. The third kappa shape index (κ3) is 3.04. The summed E-state index contributed by atoms with van der Waals surface area (Å²) >= 11 is 6.12. The first-order valence-electron chi connectivity index (χ1n) is 5.79. The van der Waals surface area contributed by atoms with Gasteiger partial charge in [0.25, 0.3) is 0 Å². The Balaban J connectivity index is 2.20. The van der Waals surface area contributed by atoms with E-state index in [1.54, 1.807) is 12.1 Å². The van der Waals surface area contributed by atoms with Crippen LogP contribution in [0.25, 0.3) is 0 Å². The average molecular weight is 275 g/mol. The van der Waals surface area contributed by atoms with Gasteiger partial charge in [-0.2, -0.15) is 5.26 Å². The summed E-state index contributed by atoms with van der Waals surface area (Å²) in [5.74, 6) is -0.525. The molecule has 0 bridgehead atoms. The Bertz CT molecular complexity index is 647. The fraction of sp³-hybridized carbons (Fsp3) is 0.133. The maximum absolute atomic E-state index is 13.4. The number of halogens is 2. The number of rotatable bonds is 3. The van der Waals surface area contributed by atoms with Gasteiger partial charge in [-0.1, -0.05) is 29.8 Å². The molecule has 0 fully saturated rings. The number of nitrogens with zero attached hydrogens (tertiary/aromatic N) is 1. The summed E-state index contributed by atoms with van der Waals surface area (Å²) in [7, 11) is 0. The summed E-state index contributed by atoms with van der Waals surface area (Å²) in [5.41, 5.74) is 2.47. The molecule has 2 aromatic carbocycles. The highest BCUT2D eigenvalue weighted by atomic mass is 35.5. The van der Waals surface area contributed by atoms with Crippen molar-refractivity contribution >= 4 is 17.3 Å². The molecule has 0 amide bonds. The van der Waals surface area contributed by atoms with Gasteiger partial charge in [0, 0.05) is 11.6 Å². The van der Waals surface area contributed by atoms with Gasteiger partial charge in [0.2, 0.25) is 0 Å². The SMILES string of the molecule is Cc1ccc(CNc2cccc(F)c2C#N)c(Cl)c1. The van der Waals surface area contributed by atoms with Gasteiger partial charge in [-0.05, 0) is 36.2 Å². The molecule has 1 N–H and O–H groups in total. The van der Waals surface area contributed by atoms with Crippen LogP contribution in [-0.4, -0.2) is 0 Å². The molecule has 0 atom stereocenters. The van der Waals surface area contributed by atoms with Crippen LogP contribution in [0.3, 0.4) is 0 Å². The van der Waals surface area contributed by atoms with Gasteiger partial charge in [-0.3, -0.25) is 0 Å². The number of anilines is 1. The van der Waals surface area contributed by atoms with Crippen LogP contribution in [0.5, 0.6) is 0 Å². The molecule has 0 aliphatic rings. The van der Waals surface area contributed by atoms with Gasteiger partial charge in [0.15, 0.2) is 0 Å². The number of hydrogen-bond donors (Lipinski definition) is 1. The van der Waals surface area contributed by atoms with Crippen molar-refractivity contribution in [3.05, 3.63) is 63.9 Å². The van der Waals surface area contributed by atoms with E-state index < -0.39 is 5.82 Å². The second-order valence-electron chi connectivity index (χ2n) is 4.22. The second kappa shape index (κ2) is 5.73. The fourth-order valence-electron chi connectivity index (χ4n) is 1.77. The largest absolute Gasteiger partial charge is 0.380 e. The molecule has 0 saturated heterocycles. The van der Waals surface area contributed by atoms with E-state index in [0.717, 1.165) is 11.1 Å². The third-order valence-corrected chi connectivity index (χ3v) is 3.16. The Labute approximate surface area is 116 Å². The molecule has 2 rings (SSSR count). The van der Waals surface area contributed by atoms with Crippen molar-refractivity contribution in [3.63, 3.8) is 0 Å². The van der Waals surface area contributed by atoms with E-state index in [1.165, 1.54) is 6.07 Å². The van der Waals surface area contributed by atoms with Crippen LogP contribution in [0, 0.1) is 24.1 Å². The van der Waals surface area contributed by atoms with Crippen LogP contribution in [0.15, 0.2) is 36.4 Å². The molecule has 0 heterocycles. The van der Waals surface area contributed by atoms with Gasteiger partial charge >= 0.3 is 0 Å². The predicted molar refractivity (Wildman–Crippen MR) is 74.6 cm³/mol. The van der Waals surface area contributed by atoms with Crippen molar-refractivity contribution in [3.8, 4) is 6.07 Å². The summed E-state index contributed by atoms with van der Waals surface area (Å²) in [6.07, 6.45) is 0. The van der Waals surface area contributed by atoms with Crippen LogP contribution in [0.1, 0.15) is 16.7 Å². The van der Waals surface area contributed by atoms with Gasteiger partial charge in [0.05, 0.1) is 5.69 Å². The van der Waals surface area contributed by atoms with Crippen molar-refractivity contribution in [2.45, 2.75) is 13.5 Å². The lowest BCUT2D eigenvalue weighted by Crippen LogP contribution is -2.03. The predicted octanol–water partition coefficient (Wildman–Crippen LogP) is 4.27. The van der Waals surface area contributed by atoms with E-state index in [1.807, 2.05) is 31.2 Å². The number of nitriles is 1. The van der Waals surface area contributed by atoms with E-state index >= 15 is 0 Å². The topological polar surface area (TPSA) is 35.8 Å². The Hall–Kier alpha value is -2.05. The van der Waals surface area contributed by atoms with Gasteiger partial charge in [0.1, 0.15) is 17.4 Å². The summed E-state index contributed by atoms with van der Waals surface area (Å²) in [6, 6.07) is 12.1. The summed E-state index contributed by atoms with van der Waals surface area (Å²) in [4.78, 5) is 0. The van der Waals surface area contributed by atoms with Crippen LogP contribution >= 0.6 is 11.6 Å². The molecule has 0 saturated carbocycles. The highest BCUT2D eigenvalue weighted by Gasteiger charge is 2.08. The molecule has 0 aliphatic heterocycles. The maximum atomic E-state index is 13.4. The molecule has 4 heteroatoms. The van der Waals surface area contributed by atoms with Crippen LogP contribution in [-0.2, 0) is 6.54 Å². The Morgan fingerprint density at radius 2 is 2.11 bits per heavy atom. The monoisotopic (exact) mass is 274 g/mol. The van der Waals surface area contributed by atoms with Gasteiger partial charge in [-0.15, -0.1) is 0 Å². The van der Waals surface area contributed by atoms with Crippen molar-refractivity contribution in [1.82, 2.24) is 0 Å². The van der Waals surface area contributed by atoms with Gasteiger partial charge < -0.3 is 5.32 Å². The third-order valence-electron chi connectivity index (χ3n) is 2.80. The van der Waals surface area contributed by atoms with Gasteiger partial charge in [-0.25, -0.2) is 4.39 Å². The minimum atomic E-state index is -0.525. The van der Waals surface area contributed by atoms with Crippen molar-refractivity contribution in [1.29, 1.82) is 5.26 Å². The van der Waals surface area contributed by atoms with Crippen LogP contribution in [0.4, 0.5) is 10.1 Å². The first-order chi connectivity index (χ1) is 9.11. The summed E-state index contributed by atoms with van der Waals surface area (Å²) in [5, 5.41) is 12.6. The molecule has 0 aromatic heterocycles. The van der Waals surface area contributed by atoms with Crippen LogP contribution < -0.4 is 5.32 Å². The Morgan fingerprint density at radius 1 is 1.32 bits per heavy atom. The normalized spacial score (nSPS) is 10.0. The van der Waals surface area contributed by atoms with Crippen molar-refractivity contribution in [2.24, 2.45) is 0 Å². The molecule has 0 unspecified atom stereocenters. The first-order valence-corrected chi connectivity index (χ1v) is 6.17. The molecule has 2 aromatic rings. The lowest BCUT2D eigenvalue weighted by atomic mass is 10.1. The minimum absolute atomic E-state index is 0.0192. The number of nitrogens with one attached hydrogen (secondary N) is 1. The molecule has 19 heavy (non-hydrogen) atoms.